The number of anilines is 1. The quantitative estimate of drug-likeness (QED) is 0.718. The minimum Gasteiger partial charge on any atom is -0.310 e. The van der Waals surface area contributed by atoms with Crippen LogP contribution < -0.4 is 14.8 Å². The van der Waals surface area contributed by atoms with E-state index in [4.69, 9.17) is 0 Å². The zero-order valence-electron chi connectivity index (χ0n) is 11.9. The zero-order valence-corrected chi connectivity index (χ0v) is 12.7. The second kappa shape index (κ2) is 6.88. The van der Waals surface area contributed by atoms with Crippen LogP contribution in [0.25, 0.3) is 0 Å². The molecule has 0 amide bonds. The normalized spacial score (nSPS) is 13.5. The summed E-state index contributed by atoms with van der Waals surface area (Å²) in [5, 5.41) is 3.30. The van der Waals surface area contributed by atoms with E-state index < -0.39 is 10.2 Å². The summed E-state index contributed by atoms with van der Waals surface area (Å²) in [5.74, 6) is 0. The Hall–Kier alpha value is -1.11. The molecule has 0 saturated heterocycles. The Bertz CT molecular complexity index is 483. The van der Waals surface area contributed by atoms with Crippen LogP contribution in [0.3, 0.4) is 0 Å². The highest BCUT2D eigenvalue weighted by Crippen LogP contribution is 2.16. The minimum absolute atomic E-state index is 0.134. The fourth-order valence-electron chi connectivity index (χ4n) is 1.76. The predicted molar refractivity (Wildman–Crippen MR) is 79.3 cm³/mol. The smallest absolute Gasteiger partial charge is 0.299 e. The molecule has 1 aromatic carbocycles. The molecule has 0 aliphatic rings. The van der Waals surface area contributed by atoms with Gasteiger partial charge in [-0.25, -0.2) is 0 Å². The Labute approximate surface area is 116 Å². The molecule has 0 fully saturated rings. The molecule has 0 aromatic heterocycles. The molecular weight excluding hydrogens is 262 g/mol. The van der Waals surface area contributed by atoms with Gasteiger partial charge in [0.15, 0.2) is 0 Å². The molecule has 1 atom stereocenters. The summed E-state index contributed by atoms with van der Waals surface area (Å²) in [6.07, 6.45) is 0. The van der Waals surface area contributed by atoms with E-state index in [1.165, 1.54) is 0 Å². The third kappa shape index (κ3) is 5.59. The summed E-state index contributed by atoms with van der Waals surface area (Å²) in [7, 11) is -3.49. The van der Waals surface area contributed by atoms with Crippen LogP contribution in [0.2, 0.25) is 0 Å². The molecule has 0 heterocycles. The van der Waals surface area contributed by atoms with Crippen molar-refractivity contribution >= 4 is 15.9 Å². The first kappa shape index (κ1) is 15.9. The van der Waals surface area contributed by atoms with Crippen molar-refractivity contribution in [1.29, 1.82) is 0 Å². The van der Waals surface area contributed by atoms with Crippen molar-refractivity contribution in [3.05, 3.63) is 29.8 Å². The van der Waals surface area contributed by atoms with Crippen molar-refractivity contribution in [2.75, 3.05) is 11.3 Å². The lowest BCUT2D eigenvalue weighted by molar-refractivity contribution is 0.575. The molecule has 1 rings (SSSR count). The van der Waals surface area contributed by atoms with E-state index in [0.717, 1.165) is 12.1 Å². The van der Waals surface area contributed by atoms with Crippen LogP contribution in [0.5, 0.6) is 0 Å². The average Bonchev–Trinajstić information content (AvgIpc) is 2.27. The highest BCUT2D eigenvalue weighted by Gasteiger charge is 2.11. The van der Waals surface area contributed by atoms with Gasteiger partial charge in [0, 0.05) is 17.8 Å². The number of benzene rings is 1. The molecule has 6 heteroatoms. The van der Waals surface area contributed by atoms with Crippen molar-refractivity contribution in [1.82, 2.24) is 10.0 Å². The van der Waals surface area contributed by atoms with E-state index in [-0.39, 0.29) is 12.1 Å². The third-order valence-corrected chi connectivity index (χ3v) is 3.85. The Morgan fingerprint density at radius 3 is 2.16 bits per heavy atom. The molecule has 0 spiro atoms. The molecule has 0 aliphatic carbocycles. The second-order valence-corrected chi connectivity index (χ2v) is 6.23. The number of nitrogens with one attached hydrogen (secondary N) is 3. The van der Waals surface area contributed by atoms with E-state index >= 15 is 0 Å². The monoisotopic (exact) mass is 285 g/mol. The SMILES string of the molecule is CCNC(C)c1ccc(NS(=O)(=O)NC(C)C)cc1. The molecule has 1 aromatic rings. The van der Waals surface area contributed by atoms with Crippen LogP contribution in [-0.2, 0) is 10.2 Å². The molecular formula is C13H23N3O2S. The van der Waals surface area contributed by atoms with Crippen LogP contribution >= 0.6 is 0 Å². The second-order valence-electron chi connectivity index (χ2n) is 4.78. The summed E-state index contributed by atoms with van der Waals surface area (Å²) < 4.78 is 28.4. The van der Waals surface area contributed by atoms with Gasteiger partial charge in [0.1, 0.15) is 0 Å². The lowest BCUT2D eigenvalue weighted by atomic mass is 10.1. The van der Waals surface area contributed by atoms with Gasteiger partial charge in [-0.1, -0.05) is 19.1 Å². The Kier molecular flexibility index (Phi) is 5.78. The summed E-state index contributed by atoms with van der Waals surface area (Å²) in [6.45, 7) is 8.58. The van der Waals surface area contributed by atoms with Gasteiger partial charge in [-0.2, -0.15) is 13.1 Å². The first-order chi connectivity index (χ1) is 8.84. The number of hydrogen-bond acceptors (Lipinski definition) is 3. The highest BCUT2D eigenvalue weighted by molar-refractivity contribution is 7.90. The van der Waals surface area contributed by atoms with Gasteiger partial charge in [-0.3, -0.25) is 4.72 Å². The van der Waals surface area contributed by atoms with Crippen molar-refractivity contribution in [3.63, 3.8) is 0 Å². The summed E-state index contributed by atoms with van der Waals surface area (Å²) in [5.41, 5.74) is 1.68. The van der Waals surface area contributed by atoms with Gasteiger partial charge in [0.25, 0.3) is 10.2 Å². The maximum Gasteiger partial charge on any atom is 0.299 e. The molecule has 0 radical (unpaired) electrons. The first-order valence-corrected chi connectivity index (χ1v) is 7.95. The maximum atomic E-state index is 11.7. The minimum atomic E-state index is -3.49. The van der Waals surface area contributed by atoms with Crippen LogP contribution in [0.1, 0.15) is 39.3 Å². The molecule has 19 heavy (non-hydrogen) atoms. The van der Waals surface area contributed by atoms with Crippen LogP contribution in [0.15, 0.2) is 24.3 Å². The van der Waals surface area contributed by atoms with Crippen LogP contribution in [-0.4, -0.2) is 21.0 Å². The fourth-order valence-corrected chi connectivity index (χ4v) is 2.88. The molecule has 3 N–H and O–H groups in total. The molecule has 1 unspecified atom stereocenters. The average molecular weight is 285 g/mol. The van der Waals surface area contributed by atoms with Crippen molar-refractivity contribution < 1.29 is 8.42 Å². The summed E-state index contributed by atoms with van der Waals surface area (Å²) >= 11 is 0. The van der Waals surface area contributed by atoms with Gasteiger partial charge in [0.05, 0.1) is 0 Å². The number of hydrogen-bond donors (Lipinski definition) is 3. The largest absolute Gasteiger partial charge is 0.310 e. The van der Waals surface area contributed by atoms with Crippen molar-refractivity contribution in [3.8, 4) is 0 Å². The van der Waals surface area contributed by atoms with E-state index in [2.05, 4.69) is 28.6 Å². The standard InChI is InChI=1S/C13H23N3O2S/c1-5-14-11(4)12-6-8-13(9-7-12)16-19(17,18)15-10(2)3/h6-11,14-16H,5H2,1-4H3. The lowest BCUT2D eigenvalue weighted by Crippen LogP contribution is -2.35. The van der Waals surface area contributed by atoms with Gasteiger partial charge >= 0.3 is 0 Å². The zero-order chi connectivity index (χ0) is 14.5. The van der Waals surface area contributed by atoms with E-state index in [1.54, 1.807) is 26.0 Å². The van der Waals surface area contributed by atoms with Crippen molar-refractivity contribution in [2.24, 2.45) is 0 Å². The third-order valence-electron chi connectivity index (χ3n) is 2.56. The summed E-state index contributed by atoms with van der Waals surface area (Å²) in [6, 6.07) is 7.49. The molecule has 5 nitrogen and oxygen atoms in total. The van der Waals surface area contributed by atoms with Crippen LogP contribution in [0.4, 0.5) is 5.69 Å². The Morgan fingerprint density at radius 2 is 1.68 bits per heavy atom. The topological polar surface area (TPSA) is 70.2 Å². The molecule has 0 saturated carbocycles. The molecule has 0 aliphatic heterocycles. The Balaban J connectivity index is 2.72. The highest BCUT2D eigenvalue weighted by atomic mass is 32.2. The van der Waals surface area contributed by atoms with Gasteiger partial charge < -0.3 is 5.32 Å². The summed E-state index contributed by atoms with van der Waals surface area (Å²) in [4.78, 5) is 0. The van der Waals surface area contributed by atoms with Gasteiger partial charge in [0.2, 0.25) is 0 Å². The fraction of sp³-hybridized carbons (Fsp3) is 0.538. The van der Waals surface area contributed by atoms with E-state index in [1.807, 2.05) is 12.1 Å². The Morgan fingerprint density at radius 1 is 1.11 bits per heavy atom. The van der Waals surface area contributed by atoms with Crippen LogP contribution in [0, 0.1) is 0 Å². The maximum absolute atomic E-state index is 11.7. The lowest BCUT2D eigenvalue weighted by Gasteiger charge is -2.14. The van der Waals surface area contributed by atoms with E-state index in [0.29, 0.717) is 5.69 Å². The molecule has 108 valence electrons. The van der Waals surface area contributed by atoms with Gasteiger partial charge in [-0.05, 0) is 45.0 Å². The van der Waals surface area contributed by atoms with E-state index in [9.17, 15) is 8.42 Å². The number of rotatable bonds is 7. The van der Waals surface area contributed by atoms with Gasteiger partial charge in [-0.15, -0.1) is 0 Å². The predicted octanol–water partition coefficient (Wildman–Crippen LogP) is 2.01. The first-order valence-electron chi connectivity index (χ1n) is 6.47. The molecule has 0 bridgehead atoms. The van der Waals surface area contributed by atoms with Crippen molar-refractivity contribution in [2.45, 2.75) is 39.8 Å².